The minimum Gasteiger partial charge on any atom is -0.480 e. The highest BCUT2D eigenvalue weighted by Gasteiger charge is 2.21. The number of aliphatic carboxylic acids is 1. The molecule has 1 aromatic heterocycles. The molecule has 4 N–H and O–H groups in total. The van der Waals surface area contributed by atoms with Gasteiger partial charge >= 0.3 is 5.97 Å². The summed E-state index contributed by atoms with van der Waals surface area (Å²) in [4.78, 5) is 25.9. The van der Waals surface area contributed by atoms with Crippen LogP contribution in [0.3, 0.4) is 0 Å². The van der Waals surface area contributed by atoms with Gasteiger partial charge < -0.3 is 20.7 Å². The van der Waals surface area contributed by atoms with Crippen LogP contribution < -0.4 is 10.6 Å². The Morgan fingerprint density at radius 2 is 2.10 bits per heavy atom. The fraction of sp³-hybridized carbons (Fsp3) is 0.286. The average Bonchev–Trinajstić information content (AvgIpc) is 2.82. The Labute approximate surface area is 116 Å². The number of rotatable bonds is 6. The summed E-state index contributed by atoms with van der Waals surface area (Å²) in [5.74, 6) is -1.38. The molecule has 0 aliphatic rings. The number of fused-ring (bicyclic) bond motifs is 1. The van der Waals surface area contributed by atoms with Gasteiger partial charge in [-0.3, -0.25) is 4.79 Å². The molecule has 0 aliphatic carbocycles. The number of aromatic nitrogens is 1. The van der Waals surface area contributed by atoms with Crippen molar-refractivity contribution >= 4 is 22.8 Å². The summed E-state index contributed by atoms with van der Waals surface area (Å²) >= 11 is 0. The second-order valence-electron chi connectivity index (χ2n) is 4.55. The van der Waals surface area contributed by atoms with Gasteiger partial charge in [0, 0.05) is 23.5 Å². The highest BCUT2D eigenvalue weighted by molar-refractivity contribution is 5.87. The third kappa shape index (κ3) is 3.16. The Morgan fingerprint density at radius 3 is 2.80 bits per heavy atom. The molecular weight excluding hydrogens is 258 g/mol. The minimum absolute atomic E-state index is 0.0949. The first-order valence-electron chi connectivity index (χ1n) is 6.33. The van der Waals surface area contributed by atoms with Crippen molar-refractivity contribution in [3.63, 3.8) is 0 Å². The van der Waals surface area contributed by atoms with Crippen molar-refractivity contribution in [3.8, 4) is 0 Å². The standard InChI is InChI=1S/C14H17N3O3/c1-15-8-13(18)17-12(14(19)20)6-9-7-16-11-5-3-2-4-10(9)11/h2-5,7,12,15-16H,6,8H2,1H3,(H,17,18)(H,19,20)/t12-/m0/s1. The second kappa shape index (κ2) is 6.21. The van der Waals surface area contributed by atoms with Crippen LogP contribution in [0.2, 0.25) is 0 Å². The first-order valence-corrected chi connectivity index (χ1v) is 6.33. The van der Waals surface area contributed by atoms with Crippen LogP contribution in [0.25, 0.3) is 10.9 Å². The lowest BCUT2D eigenvalue weighted by Crippen LogP contribution is -2.45. The van der Waals surface area contributed by atoms with Crippen LogP contribution in [-0.2, 0) is 16.0 Å². The van der Waals surface area contributed by atoms with Gasteiger partial charge in [0.1, 0.15) is 6.04 Å². The number of benzene rings is 1. The molecular formula is C14H17N3O3. The van der Waals surface area contributed by atoms with E-state index in [-0.39, 0.29) is 18.9 Å². The van der Waals surface area contributed by atoms with E-state index in [0.29, 0.717) is 0 Å². The fourth-order valence-corrected chi connectivity index (χ4v) is 2.13. The molecule has 2 aromatic rings. The monoisotopic (exact) mass is 275 g/mol. The molecule has 20 heavy (non-hydrogen) atoms. The van der Waals surface area contributed by atoms with Crippen molar-refractivity contribution < 1.29 is 14.7 Å². The van der Waals surface area contributed by atoms with Crippen molar-refractivity contribution in [3.05, 3.63) is 36.0 Å². The second-order valence-corrected chi connectivity index (χ2v) is 4.55. The van der Waals surface area contributed by atoms with E-state index in [2.05, 4.69) is 15.6 Å². The number of aromatic amines is 1. The molecule has 0 unspecified atom stereocenters. The zero-order valence-corrected chi connectivity index (χ0v) is 11.1. The van der Waals surface area contributed by atoms with Crippen LogP contribution in [0.1, 0.15) is 5.56 Å². The number of carboxylic acids is 1. The van der Waals surface area contributed by atoms with E-state index in [0.717, 1.165) is 16.5 Å². The van der Waals surface area contributed by atoms with Gasteiger partial charge in [0.05, 0.1) is 6.54 Å². The number of carbonyl (C=O) groups is 2. The van der Waals surface area contributed by atoms with Crippen LogP contribution in [-0.4, -0.2) is 41.6 Å². The summed E-state index contributed by atoms with van der Waals surface area (Å²) in [7, 11) is 1.63. The summed E-state index contributed by atoms with van der Waals surface area (Å²) in [5.41, 5.74) is 1.82. The van der Waals surface area contributed by atoms with Crippen molar-refractivity contribution in [1.29, 1.82) is 0 Å². The molecule has 0 radical (unpaired) electrons. The first-order chi connectivity index (χ1) is 9.61. The number of H-pyrrole nitrogens is 1. The number of carbonyl (C=O) groups excluding carboxylic acids is 1. The highest BCUT2D eigenvalue weighted by atomic mass is 16.4. The number of hydrogen-bond donors (Lipinski definition) is 4. The zero-order valence-electron chi connectivity index (χ0n) is 11.1. The van der Waals surface area contributed by atoms with Crippen LogP contribution in [0, 0.1) is 0 Å². The van der Waals surface area contributed by atoms with Gasteiger partial charge in [-0.25, -0.2) is 4.79 Å². The van der Waals surface area contributed by atoms with Gasteiger partial charge in [-0.15, -0.1) is 0 Å². The molecule has 106 valence electrons. The molecule has 1 atom stereocenters. The number of carboxylic acid groups (broad SMARTS) is 1. The maximum Gasteiger partial charge on any atom is 0.326 e. The summed E-state index contributed by atoms with van der Waals surface area (Å²) in [6, 6.07) is 6.72. The Kier molecular flexibility index (Phi) is 4.37. The van der Waals surface area contributed by atoms with Crippen molar-refractivity contribution in [2.75, 3.05) is 13.6 Å². The zero-order chi connectivity index (χ0) is 14.5. The topological polar surface area (TPSA) is 94.2 Å². The van der Waals surface area contributed by atoms with E-state index in [9.17, 15) is 14.7 Å². The number of hydrogen-bond acceptors (Lipinski definition) is 3. The normalized spacial score (nSPS) is 12.2. The molecule has 1 heterocycles. The fourth-order valence-electron chi connectivity index (χ4n) is 2.13. The van der Waals surface area contributed by atoms with E-state index < -0.39 is 12.0 Å². The molecule has 2 rings (SSSR count). The van der Waals surface area contributed by atoms with Crippen LogP contribution in [0.15, 0.2) is 30.5 Å². The van der Waals surface area contributed by atoms with Crippen molar-refractivity contribution in [2.24, 2.45) is 0 Å². The Bertz CT molecular complexity index is 621. The van der Waals surface area contributed by atoms with Crippen LogP contribution >= 0.6 is 0 Å². The number of amides is 1. The molecule has 0 spiro atoms. The lowest BCUT2D eigenvalue weighted by Gasteiger charge is -2.14. The van der Waals surface area contributed by atoms with Crippen molar-refractivity contribution in [1.82, 2.24) is 15.6 Å². The third-order valence-corrected chi connectivity index (χ3v) is 3.07. The van der Waals surface area contributed by atoms with Gasteiger partial charge in [0.2, 0.25) is 5.91 Å². The van der Waals surface area contributed by atoms with Crippen LogP contribution in [0.4, 0.5) is 0 Å². The maximum absolute atomic E-state index is 11.5. The molecule has 1 aromatic carbocycles. The maximum atomic E-state index is 11.5. The number of para-hydroxylation sites is 1. The molecule has 0 saturated carbocycles. The highest BCUT2D eigenvalue weighted by Crippen LogP contribution is 2.19. The van der Waals surface area contributed by atoms with E-state index in [1.54, 1.807) is 13.2 Å². The predicted octanol–water partition coefficient (Wildman–Crippen LogP) is 0.499. The quantitative estimate of drug-likeness (QED) is 0.617. The summed E-state index contributed by atoms with van der Waals surface area (Å²) in [6.07, 6.45) is 2.03. The lowest BCUT2D eigenvalue weighted by molar-refractivity contribution is -0.141. The van der Waals surface area contributed by atoms with Crippen molar-refractivity contribution in [2.45, 2.75) is 12.5 Å². The molecule has 0 aliphatic heterocycles. The molecule has 6 nitrogen and oxygen atoms in total. The third-order valence-electron chi connectivity index (χ3n) is 3.07. The summed E-state index contributed by atoms with van der Waals surface area (Å²) in [6.45, 7) is 0.0949. The number of likely N-dealkylation sites (N-methyl/N-ethyl adjacent to an activating group) is 1. The Morgan fingerprint density at radius 1 is 1.35 bits per heavy atom. The molecule has 0 fully saturated rings. The lowest BCUT2D eigenvalue weighted by atomic mass is 10.1. The average molecular weight is 275 g/mol. The molecule has 1 amide bonds. The summed E-state index contributed by atoms with van der Waals surface area (Å²) < 4.78 is 0. The molecule has 6 heteroatoms. The smallest absolute Gasteiger partial charge is 0.326 e. The van der Waals surface area contributed by atoms with Gasteiger partial charge in [0.15, 0.2) is 0 Å². The van der Waals surface area contributed by atoms with E-state index in [4.69, 9.17) is 0 Å². The van der Waals surface area contributed by atoms with E-state index in [1.165, 1.54) is 0 Å². The van der Waals surface area contributed by atoms with E-state index >= 15 is 0 Å². The Balaban J connectivity index is 2.15. The van der Waals surface area contributed by atoms with Gasteiger partial charge in [0.25, 0.3) is 0 Å². The molecule has 0 bridgehead atoms. The van der Waals surface area contributed by atoms with E-state index in [1.807, 2.05) is 24.3 Å². The first kappa shape index (κ1) is 14.1. The van der Waals surface area contributed by atoms with Gasteiger partial charge in [-0.2, -0.15) is 0 Å². The molecule has 0 saturated heterocycles. The largest absolute Gasteiger partial charge is 0.480 e. The Hall–Kier alpha value is -2.34. The van der Waals surface area contributed by atoms with Crippen LogP contribution in [0.5, 0.6) is 0 Å². The van der Waals surface area contributed by atoms with Gasteiger partial charge in [-0.05, 0) is 18.7 Å². The number of nitrogens with one attached hydrogen (secondary N) is 3. The predicted molar refractivity (Wildman–Crippen MR) is 75.5 cm³/mol. The van der Waals surface area contributed by atoms with Gasteiger partial charge in [-0.1, -0.05) is 18.2 Å². The minimum atomic E-state index is -1.04. The summed E-state index contributed by atoms with van der Waals surface area (Å²) in [5, 5.41) is 15.4. The SMILES string of the molecule is CNCC(=O)N[C@@H](Cc1c[nH]c2ccccc12)C(=O)O.